The molecule has 0 atom stereocenters. The van der Waals surface area contributed by atoms with E-state index >= 15 is 0 Å². The number of anilines is 2. The highest BCUT2D eigenvalue weighted by Crippen LogP contribution is 2.20. The van der Waals surface area contributed by atoms with Crippen LogP contribution >= 0.6 is 0 Å². The summed E-state index contributed by atoms with van der Waals surface area (Å²) in [7, 11) is 3.22. The first-order chi connectivity index (χ1) is 13.2. The zero-order valence-electron chi connectivity index (χ0n) is 15.1. The summed E-state index contributed by atoms with van der Waals surface area (Å²) >= 11 is 0. The number of carbonyl (C=O) groups is 1. The summed E-state index contributed by atoms with van der Waals surface area (Å²) in [6, 6.07) is 16.5. The van der Waals surface area contributed by atoms with Crippen LogP contribution in [-0.2, 0) is 6.54 Å². The first kappa shape index (κ1) is 18.2. The van der Waals surface area contributed by atoms with Crippen molar-refractivity contribution < 1.29 is 14.3 Å². The lowest BCUT2D eigenvalue weighted by molar-refractivity contribution is 0.0946. The lowest BCUT2D eigenvalue weighted by atomic mass is 10.2. The molecule has 0 saturated heterocycles. The minimum Gasteiger partial charge on any atom is -0.497 e. The van der Waals surface area contributed by atoms with E-state index in [-0.39, 0.29) is 11.6 Å². The molecule has 2 N–H and O–H groups in total. The second-order valence-electron chi connectivity index (χ2n) is 5.68. The van der Waals surface area contributed by atoms with Crippen LogP contribution in [-0.4, -0.2) is 30.1 Å². The molecule has 1 aromatic heterocycles. The molecule has 138 valence electrons. The van der Waals surface area contributed by atoms with Crippen LogP contribution in [0.5, 0.6) is 11.5 Å². The van der Waals surface area contributed by atoms with Crippen molar-refractivity contribution >= 4 is 17.4 Å². The van der Waals surface area contributed by atoms with Gasteiger partial charge in [0.1, 0.15) is 29.3 Å². The summed E-state index contributed by atoms with van der Waals surface area (Å²) in [4.78, 5) is 20.6. The van der Waals surface area contributed by atoms with Gasteiger partial charge < -0.3 is 20.1 Å². The average Bonchev–Trinajstić information content (AvgIpc) is 2.72. The Morgan fingerprint density at radius 3 is 2.48 bits per heavy atom. The normalized spacial score (nSPS) is 10.1. The van der Waals surface area contributed by atoms with Gasteiger partial charge in [-0.05, 0) is 29.8 Å². The maximum absolute atomic E-state index is 12.4. The van der Waals surface area contributed by atoms with E-state index in [1.165, 1.54) is 6.33 Å². The largest absolute Gasteiger partial charge is 0.497 e. The van der Waals surface area contributed by atoms with Crippen molar-refractivity contribution in [3.8, 4) is 11.5 Å². The third kappa shape index (κ3) is 4.94. The molecule has 0 saturated carbocycles. The number of aromatic nitrogens is 2. The fourth-order valence-corrected chi connectivity index (χ4v) is 2.41. The summed E-state index contributed by atoms with van der Waals surface area (Å²) in [6.45, 7) is 0.394. The van der Waals surface area contributed by atoms with Gasteiger partial charge >= 0.3 is 0 Å². The zero-order chi connectivity index (χ0) is 19.1. The summed E-state index contributed by atoms with van der Waals surface area (Å²) in [5.74, 6) is 1.75. The van der Waals surface area contributed by atoms with Gasteiger partial charge in [-0.1, -0.05) is 18.2 Å². The highest BCUT2D eigenvalue weighted by Gasteiger charge is 2.09. The number of nitrogens with one attached hydrogen (secondary N) is 2. The average molecular weight is 364 g/mol. The molecule has 0 bridgehead atoms. The molecular weight excluding hydrogens is 344 g/mol. The Bertz CT molecular complexity index is 913. The minimum absolute atomic E-state index is 0.276. The molecule has 0 aliphatic carbocycles. The van der Waals surface area contributed by atoms with Gasteiger partial charge in [0.15, 0.2) is 0 Å². The lowest BCUT2D eigenvalue weighted by Crippen LogP contribution is -2.24. The fourth-order valence-electron chi connectivity index (χ4n) is 2.41. The number of ether oxygens (including phenoxy) is 2. The molecule has 0 unspecified atom stereocenters. The Labute approximate surface area is 157 Å². The number of carbonyl (C=O) groups excluding carboxylic acids is 1. The van der Waals surface area contributed by atoms with Crippen molar-refractivity contribution in [1.29, 1.82) is 0 Å². The molecule has 0 radical (unpaired) electrons. The Hall–Kier alpha value is -3.61. The zero-order valence-corrected chi connectivity index (χ0v) is 15.1. The van der Waals surface area contributed by atoms with Gasteiger partial charge in [-0.25, -0.2) is 9.97 Å². The SMILES string of the molecule is COc1ccc(CNC(=O)c2cc(Nc3cccc(OC)c3)ncn2)cc1. The molecular formula is C20H20N4O3. The molecule has 0 aliphatic heterocycles. The molecule has 0 fully saturated rings. The number of hydrogen-bond donors (Lipinski definition) is 2. The van der Waals surface area contributed by atoms with Crippen LogP contribution in [0.15, 0.2) is 60.9 Å². The Morgan fingerprint density at radius 1 is 0.963 bits per heavy atom. The van der Waals surface area contributed by atoms with Crippen molar-refractivity contribution in [1.82, 2.24) is 15.3 Å². The van der Waals surface area contributed by atoms with E-state index in [1.807, 2.05) is 48.5 Å². The van der Waals surface area contributed by atoms with E-state index in [4.69, 9.17) is 9.47 Å². The number of amides is 1. The molecule has 2 aromatic carbocycles. The van der Waals surface area contributed by atoms with Gasteiger partial charge in [0.25, 0.3) is 5.91 Å². The van der Waals surface area contributed by atoms with E-state index in [0.29, 0.717) is 12.4 Å². The molecule has 0 aliphatic rings. The third-order valence-electron chi connectivity index (χ3n) is 3.85. The predicted octanol–water partition coefficient (Wildman–Crippen LogP) is 3.17. The second kappa shape index (κ2) is 8.66. The monoisotopic (exact) mass is 364 g/mol. The summed E-state index contributed by atoms with van der Waals surface area (Å²) < 4.78 is 10.3. The summed E-state index contributed by atoms with van der Waals surface area (Å²) in [5.41, 5.74) is 2.05. The first-order valence-electron chi connectivity index (χ1n) is 8.32. The van der Waals surface area contributed by atoms with Gasteiger partial charge in [0.2, 0.25) is 0 Å². The van der Waals surface area contributed by atoms with Crippen molar-refractivity contribution in [2.24, 2.45) is 0 Å². The Kier molecular flexibility index (Phi) is 5.84. The fraction of sp³-hybridized carbons (Fsp3) is 0.150. The van der Waals surface area contributed by atoms with Gasteiger partial charge in [-0.3, -0.25) is 4.79 Å². The molecule has 3 aromatic rings. The Morgan fingerprint density at radius 2 is 1.74 bits per heavy atom. The third-order valence-corrected chi connectivity index (χ3v) is 3.85. The van der Waals surface area contributed by atoms with Crippen LogP contribution < -0.4 is 20.1 Å². The van der Waals surface area contributed by atoms with Crippen LogP contribution in [0.3, 0.4) is 0 Å². The highest BCUT2D eigenvalue weighted by atomic mass is 16.5. The van der Waals surface area contributed by atoms with Crippen molar-refractivity contribution in [3.05, 3.63) is 72.2 Å². The highest BCUT2D eigenvalue weighted by molar-refractivity contribution is 5.92. The van der Waals surface area contributed by atoms with Crippen molar-refractivity contribution in [2.75, 3.05) is 19.5 Å². The summed E-state index contributed by atoms with van der Waals surface area (Å²) in [6.07, 6.45) is 1.35. The summed E-state index contributed by atoms with van der Waals surface area (Å²) in [5, 5.41) is 5.98. The maximum atomic E-state index is 12.4. The molecule has 7 nitrogen and oxygen atoms in total. The smallest absolute Gasteiger partial charge is 0.270 e. The maximum Gasteiger partial charge on any atom is 0.270 e. The Balaban J connectivity index is 1.64. The van der Waals surface area contributed by atoms with Gasteiger partial charge in [0.05, 0.1) is 14.2 Å². The predicted molar refractivity (Wildman–Crippen MR) is 102 cm³/mol. The van der Waals surface area contributed by atoms with Crippen LogP contribution in [0.25, 0.3) is 0 Å². The number of benzene rings is 2. The molecule has 27 heavy (non-hydrogen) atoms. The number of hydrogen-bond acceptors (Lipinski definition) is 6. The van der Waals surface area contributed by atoms with Gasteiger partial charge in [-0.2, -0.15) is 0 Å². The van der Waals surface area contributed by atoms with E-state index in [2.05, 4.69) is 20.6 Å². The van der Waals surface area contributed by atoms with E-state index in [1.54, 1.807) is 20.3 Å². The van der Waals surface area contributed by atoms with E-state index < -0.39 is 0 Å². The van der Waals surface area contributed by atoms with Crippen LogP contribution in [0.1, 0.15) is 16.1 Å². The first-order valence-corrected chi connectivity index (χ1v) is 8.32. The van der Waals surface area contributed by atoms with E-state index in [9.17, 15) is 4.79 Å². The van der Waals surface area contributed by atoms with Crippen LogP contribution in [0, 0.1) is 0 Å². The topological polar surface area (TPSA) is 85.4 Å². The molecule has 0 spiro atoms. The minimum atomic E-state index is -0.276. The van der Waals surface area contributed by atoms with Gasteiger partial charge in [0, 0.05) is 24.4 Å². The van der Waals surface area contributed by atoms with Crippen LogP contribution in [0.4, 0.5) is 11.5 Å². The quantitative estimate of drug-likeness (QED) is 0.670. The standard InChI is InChI=1S/C20H20N4O3/c1-26-16-8-6-14(7-9-16)12-21-20(25)18-11-19(23-13-22-18)24-15-4-3-5-17(10-15)27-2/h3-11,13H,12H2,1-2H3,(H,21,25)(H,22,23,24). The number of methoxy groups -OCH3 is 2. The molecule has 7 heteroatoms. The molecule has 3 rings (SSSR count). The van der Waals surface area contributed by atoms with Crippen LogP contribution in [0.2, 0.25) is 0 Å². The second-order valence-corrected chi connectivity index (χ2v) is 5.68. The molecule has 1 amide bonds. The van der Waals surface area contributed by atoms with Crippen molar-refractivity contribution in [2.45, 2.75) is 6.54 Å². The number of nitrogens with zero attached hydrogens (tertiary/aromatic N) is 2. The lowest BCUT2D eigenvalue weighted by Gasteiger charge is -2.09. The van der Waals surface area contributed by atoms with Crippen molar-refractivity contribution in [3.63, 3.8) is 0 Å². The van der Waals surface area contributed by atoms with Gasteiger partial charge in [-0.15, -0.1) is 0 Å². The van der Waals surface area contributed by atoms with E-state index in [0.717, 1.165) is 22.7 Å². The molecule has 1 heterocycles. The number of rotatable bonds is 7.